The van der Waals surface area contributed by atoms with Crippen LogP contribution in [0.1, 0.15) is 0 Å². The molecule has 16 heavy (non-hydrogen) atoms. The summed E-state index contributed by atoms with van der Waals surface area (Å²) in [5.41, 5.74) is 1.73. The predicted octanol–water partition coefficient (Wildman–Crippen LogP) is 2.82. The van der Waals surface area contributed by atoms with Gasteiger partial charge in [-0.25, -0.2) is 9.48 Å². The van der Waals surface area contributed by atoms with E-state index < -0.39 is 0 Å². The summed E-state index contributed by atoms with van der Waals surface area (Å²) in [7, 11) is 1.73. The molecule has 0 aliphatic rings. The van der Waals surface area contributed by atoms with Crippen molar-refractivity contribution in [3.05, 3.63) is 34.8 Å². The number of rotatable bonds is 2. The van der Waals surface area contributed by atoms with Crippen LogP contribution < -0.4 is 0 Å². The van der Waals surface area contributed by atoms with E-state index in [2.05, 4.69) is 26.0 Å². The molecule has 0 unspecified atom stereocenters. The van der Waals surface area contributed by atoms with Gasteiger partial charge in [-0.3, -0.25) is 0 Å². The number of carbonyl (C=O) groups excluding carboxylic acids is 1. The van der Waals surface area contributed by atoms with Gasteiger partial charge >= 0.3 is 0 Å². The van der Waals surface area contributed by atoms with Gasteiger partial charge in [0.15, 0.2) is 5.82 Å². The van der Waals surface area contributed by atoms with Crippen molar-refractivity contribution in [3.8, 4) is 11.3 Å². The molecule has 80 valence electrons. The summed E-state index contributed by atoms with van der Waals surface area (Å²) in [6, 6.07) is 9.69. The highest BCUT2D eigenvalue weighted by atomic mass is 79.9. The highest BCUT2D eigenvalue weighted by Gasteiger charge is 2.14. The van der Waals surface area contributed by atoms with E-state index in [4.69, 9.17) is 0 Å². The summed E-state index contributed by atoms with van der Waals surface area (Å²) in [5, 5.41) is 4.30. The molecule has 1 aromatic carbocycles. The van der Waals surface area contributed by atoms with Crippen LogP contribution in [0.4, 0.5) is 5.82 Å². The highest BCUT2D eigenvalue weighted by Crippen LogP contribution is 2.34. The van der Waals surface area contributed by atoms with E-state index in [1.54, 1.807) is 7.05 Å². The molecule has 0 radical (unpaired) electrons. The average molecular weight is 278 g/mol. The Hall–Kier alpha value is -1.71. The van der Waals surface area contributed by atoms with E-state index in [0.717, 1.165) is 11.3 Å². The number of isocyanates is 1. The van der Waals surface area contributed by atoms with Gasteiger partial charge in [0, 0.05) is 12.6 Å². The number of aryl methyl sites for hydroxylation is 1. The first kappa shape index (κ1) is 10.8. The smallest absolute Gasteiger partial charge is 0.242 e. The van der Waals surface area contributed by atoms with E-state index >= 15 is 0 Å². The molecule has 0 aliphatic carbocycles. The monoisotopic (exact) mass is 277 g/mol. The molecule has 1 aromatic heterocycles. The van der Waals surface area contributed by atoms with E-state index in [1.807, 2.05) is 30.3 Å². The molecule has 0 fully saturated rings. The summed E-state index contributed by atoms with van der Waals surface area (Å²) in [6.45, 7) is 0. The topological polar surface area (TPSA) is 47.2 Å². The van der Waals surface area contributed by atoms with E-state index in [1.165, 1.54) is 10.8 Å². The molecular formula is C11H8BrN3O. The lowest BCUT2D eigenvalue weighted by molar-refractivity contribution is 0.564. The minimum Gasteiger partial charge on any atom is -0.249 e. The van der Waals surface area contributed by atoms with Gasteiger partial charge in [-0.15, -0.1) is 4.99 Å². The number of aromatic nitrogens is 2. The van der Waals surface area contributed by atoms with Crippen LogP contribution in [0.15, 0.2) is 39.8 Å². The SMILES string of the molecule is Cn1nc(-c2ccccc2)c(Br)c1N=C=O. The second kappa shape index (κ2) is 4.43. The Labute approximate surface area is 101 Å². The second-order valence-corrected chi connectivity index (χ2v) is 3.97. The fourth-order valence-corrected chi connectivity index (χ4v) is 2.09. The zero-order valence-electron chi connectivity index (χ0n) is 8.51. The van der Waals surface area contributed by atoms with Gasteiger partial charge in [-0.05, 0) is 15.9 Å². The highest BCUT2D eigenvalue weighted by molar-refractivity contribution is 9.10. The molecule has 5 heteroatoms. The molecule has 0 saturated carbocycles. The van der Waals surface area contributed by atoms with E-state index in [0.29, 0.717) is 10.3 Å². The van der Waals surface area contributed by atoms with Crippen LogP contribution in [0, 0.1) is 0 Å². The van der Waals surface area contributed by atoms with Crippen molar-refractivity contribution in [2.24, 2.45) is 12.0 Å². The van der Waals surface area contributed by atoms with Gasteiger partial charge in [-0.1, -0.05) is 30.3 Å². The van der Waals surface area contributed by atoms with Crippen molar-refractivity contribution in [1.82, 2.24) is 9.78 Å². The fraction of sp³-hybridized carbons (Fsp3) is 0.0909. The minimum absolute atomic E-state index is 0.467. The molecular weight excluding hydrogens is 270 g/mol. The van der Waals surface area contributed by atoms with Gasteiger partial charge in [-0.2, -0.15) is 5.10 Å². The first-order valence-corrected chi connectivity index (χ1v) is 5.39. The van der Waals surface area contributed by atoms with Crippen molar-refractivity contribution in [1.29, 1.82) is 0 Å². The quantitative estimate of drug-likeness (QED) is 0.626. The molecule has 4 nitrogen and oxygen atoms in total. The third-order valence-electron chi connectivity index (χ3n) is 2.16. The van der Waals surface area contributed by atoms with Crippen molar-refractivity contribution in [2.45, 2.75) is 0 Å². The van der Waals surface area contributed by atoms with Crippen molar-refractivity contribution >= 4 is 27.8 Å². The molecule has 2 rings (SSSR count). The Kier molecular flexibility index (Phi) is 2.99. The van der Waals surface area contributed by atoms with Crippen molar-refractivity contribution < 1.29 is 4.79 Å². The minimum atomic E-state index is 0.467. The van der Waals surface area contributed by atoms with Crippen LogP contribution in [0.3, 0.4) is 0 Å². The summed E-state index contributed by atoms with van der Waals surface area (Å²) in [4.78, 5) is 13.9. The van der Waals surface area contributed by atoms with Gasteiger partial charge in [0.25, 0.3) is 0 Å². The Morgan fingerprint density at radius 3 is 2.69 bits per heavy atom. The van der Waals surface area contributed by atoms with Crippen LogP contribution in [-0.4, -0.2) is 15.9 Å². The van der Waals surface area contributed by atoms with Crippen molar-refractivity contribution in [2.75, 3.05) is 0 Å². The summed E-state index contributed by atoms with van der Waals surface area (Å²) in [6.07, 6.45) is 1.51. The Bertz CT molecular complexity index is 556. The number of hydrogen-bond acceptors (Lipinski definition) is 3. The van der Waals surface area contributed by atoms with Crippen molar-refractivity contribution in [3.63, 3.8) is 0 Å². The first-order valence-electron chi connectivity index (χ1n) is 4.60. The summed E-state index contributed by atoms with van der Waals surface area (Å²) >= 11 is 3.38. The molecule has 0 amide bonds. The Balaban J connectivity index is 2.60. The van der Waals surface area contributed by atoms with Gasteiger partial charge in [0.2, 0.25) is 6.08 Å². The van der Waals surface area contributed by atoms with Crippen LogP contribution in [-0.2, 0) is 11.8 Å². The standard InChI is InChI=1S/C11H8BrN3O/c1-15-11(13-7-16)9(12)10(14-15)8-5-3-2-4-6-8/h2-6H,1H3. The predicted molar refractivity (Wildman–Crippen MR) is 64.1 cm³/mol. The lowest BCUT2D eigenvalue weighted by Gasteiger charge is -1.95. The average Bonchev–Trinajstić information content (AvgIpc) is 2.59. The summed E-state index contributed by atoms with van der Waals surface area (Å²) < 4.78 is 2.24. The van der Waals surface area contributed by atoms with E-state index in [9.17, 15) is 4.79 Å². The Morgan fingerprint density at radius 2 is 2.06 bits per heavy atom. The second-order valence-electron chi connectivity index (χ2n) is 3.18. The van der Waals surface area contributed by atoms with Crippen LogP contribution in [0.25, 0.3) is 11.3 Å². The maximum atomic E-state index is 10.3. The van der Waals surface area contributed by atoms with Gasteiger partial charge in [0.05, 0.1) is 4.47 Å². The molecule has 0 aliphatic heterocycles. The largest absolute Gasteiger partial charge is 0.249 e. The molecule has 0 bridgehead atoms. The van der Waals surface area contributed by atoms with Crippen LogP contribution >= 0.6 is 15.9 Å². The third kappa shape index (κ3) is 1.83. The number of nitrogens with zero attached hydrogens (tertiary/aromatic N) is 3. The number of halogens is 1. The Morgan fingerprint density at radius 1 is 1.38 bits per heavy atom. The maximum Gasteiger partial charge on any atom is 0.242 e. The van der Waals surface area contributed by atoms with Gasteiger partial charge < -0.3 is 0 Å². The molecule has 2 aromatic rings. The number of aliphatic imine (C=N–C) groups is 1. The molecule has 0 N–H and O–H groups in total. The molecule has 1 heterocycles. The maximum absolute atomic E-state index is 10.3. The van der Waals surface area contributed by atoms with Crippen LogP contribution in [0.5, 0.6) is 0 Å². The lowest BCUT2D eigenvalue weighted by Crippen LogP contribution is -1.89. The zero-order chi connectivity index (χ0) is 11.5. The molecule has 0 saturated heterocycles. The number of benzene rings is 1. The van der Waals surface area contributed by atoms with Gasteiger partial charge in [0.1, 0.15) is 5.69 Å². The molecule has 0 atom stereocenters. The normalized spacial score (nSPS) is 9.88. The third-order valence-corrected chi connectivity index (χ3v) is 2.89. The number of hydrogen-bond donors (Lipinski definition) is 0. The zero-order valence-corrected chi connectivity index (χ0v) is 10.1. The van der Waals surface area contributed by atoms with Crippen LogP contribution in [0.2, 0.25) is 0 Å². The van der Waals surface area contributed by atoms with E-state index in [-0.39, 0.29) is 0 Å². The summed E-state index contributed by atoms with van der Waals surface area (Å²) in [5.74, 6) is 0.467. The molecule has 0 spiro atoms. The fourth-order valence-electron chi connectivity index (χ4n) is 1.43. The first-order chi connectivity index (χ1) is 7.74. The lowest BCUT2D eigenvalue weighted by atomic mass is 10.2.